The largest absolute Gasteiger partial charge is 0.457 e. The fourth-order valence-corrected chi connectivity index (χ4v) is 8.43. The highest BCUT2D eigenvalue weighted by Crippen LogP contribution is 2.26. The zero-order valence-corrected chi connectivity index (χ0v) is 48.0. The minimum absolute atomic E-state index is 0.0240. The molecule has 0 aromatic rings. The average molecular weight is 1110 g/mol. The Bertz CT molecular complexity index is 1810. The van der Waals surface area contributed by atoms with Crippen LogP contribution < -0.4 is 0 Å². The molecule has 11 unspecified atom stereocenters. The summed E-state index contributed by atoms with van der Waals surface area (Å²) in [4.78, 5) is 13.1. The van der Waals surface area contributed by atoms with Gasteiger partial charge >= 0.3 is 5.97 Å². The first-order chi connectivity index (χ1) is 38.6. The van der Waals surface area contributed by atoms with Gasteiger partial charge in [0.25, 0.3) is 0 Å². The number of carbonyl (C=O) groups excluding carboxylic acids is 1. The van der Waals surface area contributed by atoms with Crippen LogP contribution in [0.2, 0.25) is 0 Å². The van der Waals surface area contributed by atoms with E-state index in [0.29, 0.717) is 13.0 Å². The van der Waals surface area contributed by atoms with Gasteiger partial charge in [0.1, 0.15) is 54.9 Å². The van der Waals surface area contributed by atoms with E-state index in [1.165, 1.54) is 6.42 Å². The minimum atomic E-state index is -1.73. The number of allylic oxidation sites excluding steroid dienone is 22. The maximum Gasteiger partial charge on any atom is 0.306 e. The monoisotopic (exact) mass is 1110 g/mol. The Morgan fingerprint density at radius 1 is 0.418 bits per heavy atom. The Kier molecular flexibility index (Phi) is 45.0. The fraction of sp³-hybridized carbons (Fsp3) is 0.646. The van der Waals surface area contributed by atoms with Crippen LogP contribution in [0, 0.1) is 0 Å². The molecule has 0 aliphatic carbocycles. The summed E-state index contributed by atoms with van der Waals surface area (Å²) in [5.74, 6) is -0.406. The molecule has 0 bridgehead atoms. The number of carbonyl (C=O) groups is 1. The number of esters is 1. The lowest BCUT2D eigenvalue weighted by molar-refractivity contribution is -0.332. The molecule has 2 fully saturated rings. The molecule has 2 rings (SSSR count). The number of rotatable bonds is 46. The molecule has 0 spiro atoms. The van der Waals surface area contributed by atoms with Gasteiger partial charge in [0.15, 0.2) is 12.6 Å². The molecular formula is C65H104O14. The number of aliphatic hydroxyl groups excluding tert-OH is 7. The van der Waals surface area contributed by atoms with Crippen molar-refractivity contribution in [2.75, 3.05) is 33.0 Å². The Morgan fingerprint density at radius 2 is 0.785 bits per heavy atom. The predicted octanol–water partition coefficient (Wildman–Crippen LogP) is 11.1. The molecule has 0 radical (unpaired) electrons. The van der Waals surface area contributed by atoms with Gasteiger partial charge in [-0.15, -0.1) is 0 Å². The van der Waals surface area contributed by atoms with Crippen molar-refractivity contribution in [3.63, 3.8) is 0 Å². The molecule has 0 aromatic carbocycles. The Labute approximate surface area is 475 Å². The summed E-state index contributed by atoms with van der Waals surface area (Å²) in [7, 11) is 0. The lowest BCUT2D eigenvalue weighted by atomic mass is 9.98. The molecule has 2 saturated heterocycles. The van der Waals surface area contributed by atoms with Crippen LogP contribution in [0.1, 0.15) is 168 Å². The van der Waals surface area contributed by atoms with Crippen molar-refractivity contribution in [3.05, 3.63) is 134 Å². The van der Waals surface area contributed by atoms with E-state index in [0.717, 1.165) is 135 Å². The maximum atomic E-state index is 13.1. The van der Waals surface area contributed by atoms with E-state index in [9.17, 15) is 40.5 Å². The summed E-state index contributed by atoms with van der Waals surface area (Å²) < 4.78 is 34.4. The van der Waals surface area contributed by atoms with Crippen molar-refractivity contribution < 1.29 is 69.0 Å². The molecule has 14 heteroatoms. The van der Waals surface area contributed by atoms with Crippen molar-refractivity contribution in [1.29, 1.82) is 0 Å². The Morgan fingerprint density at radius 3 is 1.23 bits per heavy atom. The van der Waals surface area contributed by atoms with Gasteiger partial charge in [-0.1, -0.05) is 186 Å². The molecule has 11 atom stereocenters. The second kappa shape index (κ2) is 49.9. The van der Waals surface area contributed by atoms with Gasteiger partial charge in [-0.2, -0.15) is 0 Å². The molecule has 2 aliphatic rings. The van der Waals surface area contributed by atoms with E-state index in [-0.39, 0.29) is 19.6 Å². The van der Waals surface area contributed by atoms with Gasteiger partial charge in [-0.25, -0.2) is 0 Å². The highest BCUT2D eigenvalue weighted by Gasteiger charge is 2.47. The SMILES string of the molecule is CC/C=C\C/C=C\C/C=C\C/C=C\C/C=C\C/C=C\CCCCCOCC(COC1OC(COC2OC(CO)C(O)C(O)C2O)C(O)C(O)C1O)OC(=O)CCCCCCCCC/C=C\C/C=C\C/C=C\C/C=C\C/C=C\CC. The number of ether oxygens (including phenoxy) is 6. The van der Waals surface area contributed by atoms with Gasteiger partial charge < -0.3 is 64.2 Å². The molecule has 2 heterocycles. The number of aliphatic hydroxyl groups is 7. The van der Waals surface area contributed by atoms with Crippen LogP contribution >= 0.6 is 0 Å². The molecule has 448 valence electrons. The smallest absolute Gasteiger partial charge is 0.306 e. The highest BCUT2D eigenvalue weighted by atomic mass is 16.7. The zero-order valence-electron chi connectivity index (χ0n) is 48.0. The van der Waals surface area contributed by atoms with E-state index in [2.05, 4.69) is 148 Å². The molecule has 7 N–H and O–H groups in total. The molecule has 2 aliphatic heterocycles. The van der Waals surface area contributed by atoms with Gasteiger partial charge in [-0.05, 0) is 109 Å². The third-order valence-corrected chi connectivity index (χ3v) is 13.2. The van der Waals surface area contributed by atoms with Crippen LogP contribution in [0.5, 0.6) is 0 Å². The number of hydrogen-bond acceptors (Lipinski definition) is 14. The van der Waals surface area contributed by atoms with Crippen LogP contribution in [0.25, 0.3) is 0 Å². The normalized spacial score (nSPS) is 25.0. The fourth-order valence-electron chi connectivity index (χ4n) is 8.43. The Hall–Kier alpha value is -3.87. The van der Waals surface area contributed by atoms with Crippen LogP contribution in [0.4, 0.5) is 0 Å². The van der Waals surface area contributed by atoms with Crippen LogP contribution in [0.3, 0.4) is 0 Å². The summed E-state index contributed by atoms with van der Waals surface area (Å²) in [6.45, 7) is 3.33. The van der Waals surface area contributed by atoms with Crippen molar-refractivity contribution in [1.82, 2.24) is 0 Å². The Balaban J connectivity index is 1.74. The standard InChI is InChI=1S/C65H104O14/c1-3-5-7-9-11-13-15-17-19-21-23-25-27-28-30-32-34-36-38-40-42-44-46-48-57(67)77-54(51-74-49-47-45-43-41-39-37-35-33-31-29-26-24-22-20-18-16-14-12-10-8-6-4-2)52-75-64-63(73)61(71)59(69)56(79-64)53-76-65-62(72)60(70)58(68)55(50-66)78-65/h5-8,11-14,17-20,23-26,28,30-31,33,37,39,54-56,58-66,68-73H,3-4,9-10,15-16,21-22,27,29,32,34-36,38,40-53H2,1-2H3/b7-5-,8-6-,13-11-,14-12-,19-17-,20-18-,25-23-,26-24-,30-28-,33-31-,39-37-. The second-order valence-electron chi connectivity index (χ2n) is 20.1. The molecule has 14 nitrogen and oxygen atoms in total. The van der Waals surface area contributed by atoms with E-state index in [4.69, 9.17) is 28.4 Å². The highest BCUT2D eigenvalue weighted by molar-refractivity contribution is 5.69. The summed E-state index contributed by atoms with van der Waals surface area (Å²) >= 11 is 0. The number of hydrogen-bond donors (Lipinski definition) is 7. The van der Waals surface area contributed by atoms with E-state index in [1.807, 2.05) is 0 Å². The average Bonchev–Trinajstić information content (AvgIpc) is 3.46. The first-order valence-corrected chi connectivity index (χ1v) is 29.8. The van der Waals surface area contributed by atoms with Crippen molar-refractivity contribution in [2.45, 2.75) is 235 Å². The van der Waals surface area contributed by atoms with Gasteiger partial charge in [0, 0.05) is 13.0 Å². The quantitative estimate of drug-likeness (QED) is 0.0172. The first-order valence-electron chi connectivity index (χ1n) is 29.8. The third kappa shape index (κ3) is 36.3. The lowest BCUT2D eigenvalue weighted by Crippen LogP contribution is -2.61. The second-order valence-corrected chi connectivity index (χ2v) is 20.1. The predicted molar refractivity (Wildman–Crippen MR) is 316 cm³/mol. The summed E-state index contributed by atoms with van der Waals surface area (Å²) in [5, 5.41) is 72.4. The topological polar surface area (TPSA) is 214 Å². The number of unbranched alkanes of at least 4 members (excludes halogenated alkanes) is 10. The van der Waals surface area contributed by atoms with E-state index >= 15 is 0 Å². The summed E-state index contributed by atoms with van der Waals surface area (Å²) in [5.41, 5.74) is 0. The first kappa shape index (κ1) is 71.2. The summed E-state index contributed by atoms with van der Waals surface area (Å²) in [6, 6.07) is 0. The van der Waals surface area contributed by atoms with Crippen molar-refractivity contribution >= 4 is 5.97 Å². The zero-order chi connectivity index (χ0) is 57.2. The lowest BCUT2D eigenvalue weighted by Gasteiger charge is -2.42. The minimum Gasteiger partial charge on any atom is -0.457 e. The molecule has 0 saturated carbocycles. The van der Waals surface area contributed by atoms with Gasteiger partial charge in [-0.3, -0.25) is 4.79 Å². The van der Waals surface area contributed by atoms with Gasteiger partial charge in [0.2, 0.25) is 0 Å². The summed E-state index contributed by atoms with van der Waals surface area (Å²) in [6.07, 6.45) is 55.0. The molecule has 79 heavy (non-hydrogen) atoms. The molecular weight excluding hydrogens is 1000 g/mol. The van der Waals surface area contributed by atoms with E-state index < -0.39 is 86.7 Å². The molecule has 0 aromatic heterocycles. The van der Waals surface area contributed by atoms with Crippen LogP contribution in [-0.4, -0.2) is 142 Å². The van der Waals surface area contributed by atoms with Crippen molar-refractivity contribution in [3.8, 4) is 0 Å². The molecule has 0 amide bonds. The third-order valence-electron chi connectivity index (χ3n) is 13.2. The van der Waals surface area contributed by atoms with Crippen LogP contribution in [-0.2, 0) is 33.2 Å². The van der Waals surface area contributed by atoms with Crippen LogP contribution in [0.15, 0.2) is 134 Å². The van der Waals surface area contributed by atoms with Gasteiger partial charge in [0.05, 0.1) is 26.4 Å². The van der Waals surface area contributed by atoms with E-state index in [1.54, 1.807) is 0 Å². The maximum absolute atomic E-state index is 13.1. The van der Waals surface area contributed by atoms with Crippen molar-refractivity contribution in [2.24, 2.45) is 0 Å².